The first-order valence-electron chi connectivity index (χ1n) is 15.1. The van der Waals surface area contributed by atoms with Crippen molar-refractivity contribution in [2.75, 3.05) is 0 Å². The SMILES string of the molecule is CC(C)c1cccc(C(C)C)c1-n1cc[n+](Cc2cc(C[n+]3ccn(-c4c(C(C)C)cccc4C(C)C)c3)[nH]n2)c1.[I-].[I-]. The van der Waals surface area contributed by atoms with Gasteiger partial charge in [-0.1, -0.05) is 91.8 Å². The van der Waals surface area contributed by atoms with E-state index >= 15 is 0 Å². The monoisotopic (exact) mass is 804 g/mol. The molecule has 3 aromatic heterocycles. The first-order valence-corrected chi connectivity index (χ1v) is 15.1. The molecule has 0 radical (unpaired) electrons. The van der Waals surface area contributed by atoms with Crippen molar-refractivity contribution in [3.8, 4) is 11.4 Å². The van der Waals surface area contributed by atoms with Crippen LogP contribution in [-0.4, -0.2) is 19.3 Å². The van der Waals surface area contributed by atoms with Crippen molar-refractivity contribution in [3.63, 3.8) is 0 Å². The fraction of sp³-hybridized carbons (Fsp3) is 0.400. The summed E-state index contributed by atoms with van der Waals surface area (Å²) in [5.74, 6) is 1.82. The minimum absolute atomic E-state index is 0. The Morgan fingerprint density at radius 3 is 1.42 bits per heavy atom. The van der Waals surface area contributed by atoms with E-state index in [-0.39, 0.29) is 48.0 Å². The predicted octanol–water partition coefficient (Wildman–Crippen LogP) is 1.16. The van der Waals surface area contributed by atoms with E-state index in [4.69, 9.17) is 0 Å². The zero-order valence-electron chi connectivity index (χ0n) is 26.7. The summed E-state index contributed by atoms with van der Waals surface area (Å²) in [6.45, 7) is 19.6. The van der Waals surface area contributed by atoms with Crippen LogP contribution in [0.1, 0.15) is 113 Å². The lowest BCUT2D eigenvalue weighted by molar-refractivity contribution is -0.688. The fourth-order valence-corrected chi connectivity index (χ4v) is 5.81. The largest absolute Gasteiger partial charge is 1.00 e. The van der Waals surface area contributed by atoms with Gasteiger partial charge in [-0.15, -0.1) is 0 Å². The van der Waals surface area contributed by atoms with Crippen LogP contribution in [0.4, 0.5) is 0 Å². The minimum Gasteiger partial charge on any atom is -1.00 e. The number of rotatable bonds is 10. The summed E-state index contributed by atoms with van der Waals surface area (Å²) in [5.41, 5.74) is 10.2. The molecule has 2 aromatic carbocycles. The zero-order chi connectivity index (χ0) is 29.3. The Morgan fingerprint density at radius 2 is 1.02 bits per heavy atom. The Hall–Kier alpha value is -2.47. The lowest BCUT2D eigenvalue weighted by Crippen LogP contribution is -3.00. The molecule has 1 N–H and O–H groups in total. The van der Waals surface area contributed by atoms with Gasteiger partial charge in [0.1, 0.15) is 54.9 Å². The van der Waals surface area contributed by atoms with Gasteiger partial charge in [-0.25, -0.2) is 18.3 Å². The highest BCUT2D eigenvalue weighted by Crippen LogP contribution is 2.32. The standard InChI is InChI=1S/C35H46N6.2HI/c1-24(2)30-11-9-12-31(25(3)4)34(30)40-17-15-38(22-40)20-28-19-29(37-36-28)21-39-16-18-41(23-39)35-32(26(5)6)13-10-14-33(35)27(7)8;;/h9-19,22-27H,20-21H2,1-8H3,(H,36,37);2*1H/q+2;;/p-2. The summed E-state index contributed by atoms with van der Waals surface area (Å²) < 4.78 is 8.98. The van der Waals surface area contributed by atoms with Gasteiger partial charge in [0.05, 0.1) is 5.69 Å². The Balaban J connectivity index is 0.00000253. The van der Waals surface area contributed by atoms with Crippen LogP contribution in [0.3, 0.4) is 0 Å². The molecule has 0 spiro atoms. The number of halogens is 2. The van der Waals surface area contributed by atoms with Crippen LogP contribution in [-0.2, 0) is 13.1 Å². The third kappa shape index (κ3) is 7.79. The first kappa shape index (κ1) is 35.0. The van der Waals surface area contributed by atoms with Crippen LogP contribution in [0.15, 0.2) is 79.9 Å². The molecule has 0 saturated heterocycles. The van der Waals surface area contributed by atoms with E-state index in [1.54, 1.807) is 0 Å². The molecule has 0 unspecified atom stereocenters. The quantitative estimate of drug-likeness (QED) is 0.168. The van der Waals surface area contributed by atoms with Crippen molar-refractivity contribution in [3.05, 3.63) is 114 Å². The number of para-hydroxylation sites is 2. The molecular weight excluding hydrogens is 758 g/mol. The number of H-pyrrole nitrogens is 1. The second kappa shape index (κ2) is 15.0. The summed E-state index contributed by atoms with van der Waals surface area (Å²) in [6.07, 6.45) is 13.0. The molecule has 3 heterocycles. The molecule has 0 fully saturated rings. The van der Waals surface area contributed by atoms with Gasteiger partial charge in [-0.2, -0.15) is 5.10 Å². The highest BCUT2D eigenvalue weighted by atomic mass is 127. The normalized spacial score (nSPS) is 11.4. The van der Waals surface area contributed by atoms with Gasteiger partial charge >= 0.3 is 0 Å². The van der Waals surface area contributed by atoms with Gasteiger partial charge < -0.3 is 48.0 Å². The number of aromatic amines is 1. The molecule has 0 saturated carbocycles. The number of hydrogen-bond acceptors (Lipinski definition) is 1. The molecule has 5 aromatic rings. The summed E-state index contributed by atoms with van der Waals surface area (Å²) >= 11 is 0. The average Bonchev–Trinajstić information content (AvgIpc) is 3.70. The maximum atomic E-state index is 4.65. The first-order chi connectivity index (χ1) is 19.6. The van der Waals surface area contributed by atoms with Gasteiger partial charge in [-0.3, -0.25) is 5.10 Å². The molecule has 43 heavy (non-hydrogen) atoms. The average molecular weight is 805 g/mol. The molecule has 6 nitrogen and oxygen atoms in total. The van der Waals surface area contributed by atoms with Crippen molar-refractivity contribution in [2.24, 2.45) is 0 Å². The number of nitrogens with zero attached hydrogens (tertiary/aromatic N) is 5. The van der Waals surface area contributed by atoms with Crippen molar-refractivity contribution in [2.45, 2.75) is 92.2 Å². The number of benzene rings is 2. The second-order valence-electron chi connectivity index (χ2n) is 12.6. The van der Waals surface area contributed by atoms with Gasteiger partial charge in [0.25, 0.3) is 0 Å². The lowest BCUT2D eigenvalue weighted by Gasteiger charge is -2.16. The van der Waals surface area contributed by atoms with Crippen molar-refractivity contribution >= 4 is 0 Å². The molecule has 0 aliphatic rings. The topological polar surface area (TPSA) is 46.3 Å². The Bertz CT molecular complexity index is 1450. The van der Waals surface area contributed by atoms with Crippen LogP contribution >= 0.6 is 0 Å². The van der Waals surface area contributed by atoms with Gasteiger partial charge in [0.2, 0.25) is 12.7 Å². The van der Waals surface area contributed by atoms with Crippen LogP contribution in [0.5, 0.6) is 0 Å². The van der Waals surface area contributed by atoms with E-state index < -0.39 is 0 Å². The maximum absolute atomic E-state index is 4.65. The second-order valence-corrected chi connectivity index (χ2v) is 12.6. The van der Waals surface area contributed by atoms with Crippen LogP contribution in [0.2, 0.25) is 0 Å². The Kier molecular flexibility index (Phi) is 12.2. The molecular formula is C35H46I2N6. The summed E-state index contributed by atoms with van der Waals surface area (Å²) in [7, 11) is 0. The molecule has 0 aliphatic heterocycles. The number of hydrogen-bond donors (Lipinski definition) is 1. The van der Waals surface area contributed by atoms with E-state index in [2.05, 4.69) is 164 Å². The van der Waals surface area contributed by atoms with Crippen LogP contribution in [0, 0.1) is 0 Å². The van der Waals surface area contributed by atoms with Crippen molar-refractivity contribution in [1.29, 1.82) is 0 Å². The van der Waals surface area contributed by atoms with Gasteiger partial charge in [0, 0.05) is 22.3 Å². The summed E-state index contributed by atoms with van der Waals surface area (Å²) in [4.78, 5) is 0. The smallest absolute Gasteiger partial charge is 0.249 e. The third-order valence-electron chi connectivity index (χ3n) is 7.97. The highest BCUT2D eigenvalue weighted by molar-refractivity contribution is 5.52. The third-order valence-corrected chi connectivity index (χ3v) is 7.97. The maximum Gasteiger partial charge on any atom is 0.249 e. The number of nitrogens with one attached hydrogen (secondary N) is 1. The fourth-order valence-electron chi connectivity index (χ4n) is 5.81. The molecule has 230 valence electrons. The molecule has 0 atom stereocenters. The van der Waals surface area contributed by atoms with E-state index in [1.165, 1.54) is 33.6 Å². The minimum atomic E-state index is 0. The van der Waals surface area contributed by atoms with Gasteiger partial charge in [-0.05, 0) is 29.7 Å². The van der Waals surface area contributed by atoms with E-state index in [1.807, 2.05) is 0 Å². The van der Waals surface area contributed by atoms with Crippen LogP contribution in [0.25, 0.3) is 11.4 Å². The van der Waals surface area contributed by atoms with E-state index in [0.29, 0.717) is 23.7 Å². The lowest BCUT2D eigenvalue weighted by atomic mass is 9.92. The molecule has 0 amide bonds. The van der Waals surface area contributed by atoms with E-state index in [9.17, 15) is 0 Å². The molecule has 8 heteroatoms. The zero-order valence-corrected chi connectivity index (χ0v) is 31.0. The molecule has 5 rings (SSSR count). The predicted molar refractivity (Wildman–Crippen MR) is 165 cm³/mol. The number of imidazole rings is 2. The Morgan fingerprint density at radius 1 is 0.628 bits per heavy atom. The highest BCUT2D eigenvalue weighted by Gasteiger charge is 2.22. The van der Waals surface area contributed by atoms with Gasteiger partial charge in [0.15, 0.2) is 0 Å². The van der Waals surface area contributed by atoms with E-state index in [0.717, 1.165) is 24.5 Å². The summed E-state index contributed by atoms with van der Waals surface area (Å²) in [6, 6.07) is 15.6. The van der Waals surface area contributed by atoms with Crippen molar-refractivity contribution < 1.29 is 57.1 Å². The summed E-state index contributed by atoms with van der Waals surface area (Å²) in [5, 5.41) is 7.91. The molecule has 0 bridgehead atoms. The van der Waals surface area contributed by atoms with Crippen LogP contribution < -0.4 is 57.1 Å². The molecule has 0 aliphatic carbocycles. The van der Waals surface area contributed by atoms with Crippen molar-refractivity contribution in [1.82, 2.24) is 19.3 Å². The Labute approximate surface area is 291 Å². The number of aromatic nitrogens is 6.